The summed E-state index contributed by atoms with van der Waals surface area (Å²) in [5.74, 6) is 1.77. The number of hydrogen-bond acceptors (Lipinski definition) is 5. The molecule has 3 aromatic rings. The van der Waals surface area contributed by atoms with Crippen molar-refractivity contribution in [2.24, 2.45) is 10.7 Å². The maximum absolute atomic E-state index is 12.6. The van der Waals surface area contributed by atoms with Crippen LogP contribution in [0.15, 0.2) is 64.4 Å². The smallest absolute Gasteiger partial charge is 0.273 e. The van der Waals surface area contributed by atoms with Crippen LogP contribution in [0.1, 0.15) is 26.3 Å². The van der Waals surface area contributed by atoms with E-state index in [4.69, 9.17) is 10.5 Å². The van der Waals surface area contributed by atoms with Crippen molar-refractivity contribution in [2.45, 2.75) is 33.4 Å². The number of nitrogens with one attached hydrogen (secondary N) is 1. The molecule has 0 radical (unpaired) electrons. The molecule has 3 rings (SSSR count). The molecule has 0 unspecified atom stereocenters. The SMILES string of the molecule is CCn1sc(Nc2ccc(Oc3ccccc3)cc2)c(C(N)=NC(C)C)c1=O. The highest BCUT2D eigenvalue weighted by Gasteiger charge is 2.18. The molecule has 146 valence electrons. The number of ether oxygens (including phenoxy) is 1. The van der Waals surface area contributed by atoms with Gasteiger partial charge < -0.3 is 15.8 Å². The molecule has 0 saturated carbocycles. The van der Waals surface area contributed by atoms with Gasteiger partial charge in [0.2, 0.25) is 0 Å². The molecule has 0 bridgehead atoms. The van der Waals surface area contributed by atoms with E-state index >= 15 is 0 Å². The molecule has 1 heterocycles. The number of benzene rings is 2. The third-order valence-corrected chi connectivity index (χ3v) is 5.03. The molecule has 0 fully saturated rings. The van der Waals surface area contributed by atoms with Crippen LogP contribution in [0.2, 0.25) is 0 Å². The Morgan fingerprint density at radius 3 is 2.39 bits per heavy atom. The Hall–Kier alpha value is -3.06. The van der Waals surface area contributed by atoms with Crippen molar-refractivity contribution in [3.63, 3.8) is 0 Å². The molecule has 1 aromatic heterocycles. The Balaban J connectivity index is 1.84. The van der Waals surface area contributed by atoms with Gasteiger partial charge in [0, 0.05) is 18.3 Å². The molecule has 0 saturated heterocycles. The van der Waals surface area contributed by atoms with Gasteiger partial charge in [-0.05, 0) is 68.7 Å². The van der Waals surface area contributed by atoms with Gasteiger partial charge in [0.05, 0.1) is 0 Å². The van der Waals surface area contributed by atoms with Crippen molar-refractivity contribution >= 4 is 28.1 Å². The van der Waals surface area contributed by atoms with Gasteiger partial charge in [-0.1, -0.05) is 18.2 Å². The lowest BCUT2D eigenvalue weighted by molar-refractivity contribution is 0.483. The molecule has 2 aromatic carbocycles. The van der Waals surface area contributed by atoms with Gasteiger partial charge in [0.25, 0.3) is 5.56 Å². The Morgan fingerprint density at radius 1 is 1.14 bits per heavy atom. The van der Waals surface area contributed by atoms with Gasteiger partial charge in [-0.25, -0.2) is 0 Å². The van der Waals surface area contributed by atoms with Crippen LogP contribution in [-0.4, -0.2) is 15.8 Å². The number of hydrogen-bond donors (Lipinski definition) is 2. The summed E-state index contributed by atoms with van der Waals surface area (Å²) in [6.45, 7) is 6.36. The molecule has 0 aliphatic heterocycles. The van der Waals surface area contributed by atoms with Crippen LogP contribution in [0.5, 0.6) is 11.5 Å². The van der Waals surface area contributed by atoms with E-state index in [2.05, 4.69) is 10.3 Å². The molecule has 0 atom stereocenters. The monoisotopic (exact) mass is 396 g/mol. The average Bonchev–Trinajstić information content (AvgIpc) is 2.99. The predicted octanol–water partition coefficient (Wildman–Crippen LogP) is 4.58. The van der Waals surface area contributed by atoms with Crippen LogP contribution in [0, 0.1) is 0 Å². The zero-order valence-corrected chi connectivity index (χ0v) is 17.0. The first kappa shape index (κ1) is 19.7. The van der Waals surface area contributed by atoms with E-state index < -0.39 is 0 Å². The lowest BCUT2D eigenvalue weighted by Crippen LogP contribution is -2.26. The highest BCUT2D eigenvalue weighted by atomic mass is 32.1. The summed E-state index contributed by atoms with van der Waals surface area (Å²) in [6.07, 6.45) is 0. The van der Waals surface area contributed by atoms with E-state index in [1.807, 2.05) is 75.4 Å². The average molecular weight is 397 g/mol. The van der Waals surface area contributed by atoms with Crippen LogP contribution in [0.4, 0.5) is 10.7 Å². The third-order valence-electron chi connectivity index (χ3n) is 3.90. The summed E-state index contributed by atoms with van der Waals surface area (Å²) >= 11 is 1.34. The zero-order chi connectivity index (χ0) is 20.1. The molecular weight excluding hydrogens is 372 g/mol. The summed E-state index contributed by atoms with van der Waals surface area (Å²) in [7, 11) is 0. The Labute approximate surface area is 168 Å². The third kappa shape index (κ3) is 4.61. The lowest BCUT2D eigenvalue weighted by atomic mass is 10.2. The standard InChI is InChI=1S/C21H24N4O2S/c1-4-25-21(26)18(19(22)23-14(2)3)20(28-25)24-15-10-12-17(13-11-15)27-16-8-6-5-7-9-16/h5-14,24H,4H2,1-3H3,(H2,22,23). The zero-order valence-electron chi connectivity index (χ0n) is 16.2. The van der Waals surface area contributed by atoms with Crippen molar-refractivity contribution in [2.75, 3.05) is 5.32 Å². The van der Waals surface area contributed by atoms with Crippen LogP contribution in [-0.2, 0) is 6.54 Å². The van der Waals surface area contributed by atoms with Crippen molar-refractivity contribution in [1.82, 2.24) is 3.96 Å². The number of nitrogens with zero attached hydrogens (tertiary/aromatic N) is 2. The number of aliphatic imine (C=N–C) groups is 1. The number of nitrogens with two attached hydrogens (primary N) is 1. The number of rotatable bonds is 7. The molecule has 28 heavy (non-hydrogen) atoms. The van der Waals surface area contributed by atoms with Gasteiger partial charge in [0.15, 0.2) is 0 Å². The van der Waals surface area contributed by atoms with Gasteiger partial charge >= 0.3 is 0 Å². The van der Waals surface area contributed by atoms with Crippen molar-refractivity contribution in [1.29, 1.82) is 0 Å². The van der Waals surface area contributed by atoms with E-state index in [1.165, 1.54) is 11.5 Å². The van der Waals surface area contributed by atoms with E-state index in [0.29, 0.717) is 17.1 Å². The number of para-hydroxylation sites is 1. The van der Waals surface area contributed by atoms with Crippen LogP contribution in [0.3, 0.4) is 0 Å². The molecule has 3 N–H and O–H groups in total. The fourth-order valence-corrected chi connectivity index (χ4v) is 3.61. The first-order valence-corrected chi connectivity index (χ1v) is 9.93. The van der Waals surface area contributed by atoms with E-state index in [0.717, 1.165) is 17.2 Å². The second-order valence-electron chi connectivity index (χ2n) is 6.47. The maximum Gasteiger partial charge on any atom is 0.273 e. The minimum Gasteiger partial charge on any atom is -0.457 e. The normalized spacial score (nSPS) is 11.6. The summed E-state index contributed by atoms with van der Waals surface area (Å²) in [5, 5.41) is 3.98. The topological polar surface area (TPSA) is 81.6 Å². The number of aryl methyl sites for hydroxylation is 1. The second-order valence-corrected chi connectivity index (χ2v) is 7.50. The lowest BCUT2D eigenvalue weighted by Gasteiger charge is -2.09. The van der Waals surface area contributed by atoms with Crippen LogP contribution >= 0.6 is 11.5 Å². The van der Waals surface area contributed by atoms with Gasteiger partial charge in [-0.2, -0.15) is 0 Å². The first-order chi connectivity index (χ1) is 13.5. The van der Waals surface area contributed by atoms with Crippen LogP contribution in [0.25, 0.3) is 0 Å². The van der Waals surface area contributed by atoms with Gasteiger partial charge in [0.1, 0.15) is 27.9 Å². The highest BCUT2D eigenvalue weighted by molar-refractivity contribution is 7.11. The Morgan fingerprint density at radius 2 is 1.79 bits per heavy atom. The molecule has 7 heteroatoms. The highest BCUT2D eigenvalue weighted by Crippen LogP contribution is 2.27. The summed E-state index contributed by atoms with van der Waals surface area (Å²) in [6, 6.07) is 17.2. The first-order valence-electron chi connectivity index (χ1n) is 9.15. The Kier molecular flexibility index (Phi) is 6.16. The minimum atomic E-state index is -0.124. The fourth-order valence-electron chi connectivity index (χ4n) is 2.64. The van der Waals surface area contributed by atoms with E-state index in [-0.39, 0.29) is 17.4 Å². The summed E-state index contributed by atoms with van der Waals surface area (Å²) in [5.41, 5.74) is 7.25. The quantitative estimate of drug-likeness (QED) is 0.452. The molecule has 6 nitrogen and oxygen atoms in total. The van der Waals surface area contributed by atoms with E-state index in [1.54, 1.807) is 3.96 Å². The molecular formula is C21H24N4O2S. The minimum absolute atomic E-state index is 0.0108. The van der Waals surface area contributed by atoms with E-state index in [9.17, 15) is 4.79 Å². The van der Waals surface area contributed by atoms with Crippen molar-refractivity contribution in [3.8, 4) is 11.5 Å². The summed E-state index contributed by atoms with van der Waals surface area (Å²) < 4.78 is 7.47. The summed E-state index contributed by atoms with van der Waals surface area (Å²) in [4.78, 5) is 17.0. The number of aromatic nitrogens is 1. The predicted molar refractivity (Wildman–Crippen MR) is 116 cm³/mol. The largest absolute Gasteiger partial charge is 0.457 e. The van der Waals surface area contributed by atoms with Gasteiger partial charge in [-0.3, -0.25) is 13.7 Å². The molecule has 0 spiro atoms. The van der Waals surface area contributed by atoms with Crippen molar-refractivity contribution in [3.05, 3.63) is 70.5 Å². The fraction of sp³-hybridized carbons (Fsp3) is 0.238. The number of amidine groups is 1. The van der Waals surface area contributed by atoms with Crippen molar-refractivity contribution < 1.29 is 4.74 Å². The van der Waals surface area contributed by atoms with Gasteiger partial charge in [-0.15, -0.1) is 0 Å². The molecule has 0 aliphatic rings. The second kappa shape index (κ2) is 8.75. The molecule has 0 aliphatic carbocycles. The van der Waals surface area contributed by atoms with Crippen LogP contribution < -0.4 is 21.3 Å². The number of anilines is 2. The maximum atomic E-state index is 12.6. The Bertz CT molecular complexity index is 1010. The molecule has 0 amide bonds.